The Labute approximate surface area is 141 Å². The molecule has 24 heavy (non-hydrogen) atoms. The summed E-state index contributed by atoms with van der Waals surface area (Å²) in [6.07, 6.45) is 2.00. The van der Waals surface area contributed by atoms with Gasteiger partial charge in [0.15, 0.2) is 0 Å². The highest BCUT2D eigenvalue weighted by Gasteiger charge is 2.44. The molecule has 126 valence electrons. The van der Waals surface area contributed by atoms with Gasteiger partial charge in [-0.05, 0) is 32.8 Å². The zero-order chi connectivity index (χ0) is 17.3. The average molecular weight is 327 g/mol. The van der Waals surface area contributed by atoms with E-state index in [2.05, 4.69) is 4.99 Å². The van der Waals surface area contributed by atoms with Crippen LogP contribution < -0.4 is 4.74 Å². The number of hydrogen-bond acceptors (Lipinski definition) is 4. The number of ether oxygens (including phenoxy) is 1. The van der Waals surface area contributed by atoms with Crippen LogP contribution in [0.25, 0.3) is 0 Å². The van der Waals surface area contributed by atoms with Crippen LogP contribution in [0.2, 0.25) is 0 Å². The number of para-hydroxylation sites is 1. The van der Waals surface area contributed by atoms with Gasteiger partial charge in [0.2, 0.25) is 0 Å². The van der Waals surface area contributed by atoms with Crippen LogP contribution in [0.15, 0.2) is 40.5 Å². The fraction of sp³-hybridized carbons (Fsp3) is 0.421. The van der Waals surface area contributed by atoms with Crippen LogP contribution in [0.5, 0.6) is 5.75 Å². The maximum Gasteiger partial charge on any atom is 0.334 e. The first-order valence-electron chi connectivity index (χ1n) is 8.30. The number of ketones is 1. The van der Waals surface area contributed by atoms with E-state index in [0.717, 1.165) is 24.1 Å². The molecular weight excluding hydrogens is 306 g/mol. The molecule has 1 N–H and O–H groups in total. The number of aliphatic imine (C=N–C) groups is 1. The molecule has 5 heteroatoms. The van der Waals surface area contributed by atoms with Crippen molar-refractivity contribution in [3.05, 3.63) is 41.1 Å². The van der Waals surface area contributed by atoms with Crippen molar-refractivity contribution < 1.29 is 19.4 Å². The minimum Gasteiger partial charge on any atom is -0.494 e. The number of carbonyl (C=O) groups is 2. The molecule has 0 radical (unpaired) electrons. The Morgan fingerprint density at radius 1 is 1.29 bits per heavy atom. The lowest BCUT2D eigenvalue weighted by atomic mass is 9.69. The van der Waals surface area contributed by atoms with Crippen LogP contribution >= 0.6 is 0 Å². The summed E-state index contributed by atoms with van der Waals surface area (Å²) in [5.74, 6) is -1.34. The van der Waals surface area contributed by atoms with Crippen LogP contribution in [0.4, 0.5) is 0 Å². The zero-order valence-electron chi connectivity index (χ0n) is 13.9. The SMILES string of the molecule is CCOc1ccccc1C1C(C(=O)O)=C(C)N=C2CCCC(=O)C21. The Morgan fingerprint density at radius 2 is 2.04 bits per heavy atom. The molecule has 0 saturated heterocycles. The van der Waals surface area contributed by atoms with Gasteiger partial charge >= 0.3 is 5.97 Å². The van der Waals surface area contributed by atoms with E-state index in [-0.39, 0.29) is 11.4 Å². The van der Waals surface area contributed by atoms with Gasteiger partial charge in [-0.2, -0.15) is 0 Å². The normalized spacial score (nSPS) is 23.6. The molecule has 0 spiro atoms. The van der Waals surface area contributed by atoms with Crippen LogP contribution in [0, 0.1) is 5.92 Å². The molecule has 2 atom stereocenters. The number of hydrogen-bond donors (Lipinski definition) is 1. The summed E-state index contributed by atoms with van der Waals surface area (Å²) < 4.78 is 5.70. The predicted octanol–water partition coefficient (Wildman–Crippen LogP) is 3.35. The number of Topliss-reactive ketones (excluding diaryl/α,β-unsaturated/α-hetero) is 1. The van der Waals surface area contributed by atoms with Crippen LogP contribution in [-0.4, -0.2) is 29.2 Å². The molecule has 3 rings (SSSR count). The molecule has 1 heterocycles. The molecule has 0 bridgehead atoms. The van der Waals surface area contributed by atoms with Gasteiger partial charge in [0.25, 0.3) is 0 Å². The molecule has 1 aliphatic heterocycles. The standard InChI is InChI=1S/C19H21NO4/c1-3-24-15-10-5-4-7-12(15)17-16(19(22)23)11(2)20-13-8-6-9-14(21)18(13)17/h4-5,7,10,17-18H,3,6,8-9H2,1-2H3,(H,22,23). The second-order valence-electron chi connectivity index (χ2n) is 6.15. The van der Waals surface area contributed by atoms with E-state index in [1.807, 2.05) is 31.2 Å². The minimum absolute atomic E-state index is 0.0718. The molecule has 1 aromatic carbocycles. The highest BCUT2D eigenvalue weighted by molar-refractivity contribution is 6.11. The molecule has 2 aliphatic rings. The van der Waals surface area contributed by atoms with Gasteiger partial charge in [-0.25, -0.2) is 4.79 Å². The molecule has 0 aromatic heterocycles. The topological polar surface area (TPSA) is 76.0 Å². The van der Waals surface area contributed by atoms with Crippen molar-refractivity contribution in [2.24, 2.45) is 10.9 Å². The summed E-state index contributed by atoms with van der Waals surface area (Å²) >= 11 is 0. The first kappa shape index (κ1) is 16.4. The zero-order valence-corrected chi connectivity index (χ0v) is 13.9. The van der Waals surface area contributed by atoms with Crippen LogP contribution in [-0.2, 0) is 9.59 Å². The Morgan fingerprint density at radius 3 is 2.75 bits per heavy atom. The third kappa shape index (κ3) is 2.75. The second-order valence-corrected chi connectivity index (χ2v) is 6.15. The Hall–Kier alpha value is -2.43. The lowest BCUT2D eigenvalue weighted by Gasteiger charge is -2.35. The van der Waals surface area contributed by atoms with Gasteiger partial charge in [0.1, 0.15) is 11.5 Å². The summed E-state index contributed by atoms with van der Waals surface area (Å²) in [6.45, 7) is 4.08. The molecule has 1 saturated carbocycles. The fourth-order valence-corrected chi connectivity index (χ4v) is 3.76. The van der Waals surface area contributed by atoms with E-state index < -0.39 is 17.8 Å². The van der Waals surface area contributed by atoms with E-state index in [0.29, 0.717) is 24.5 Å². The molecule has 1 aliphatic carbocycles. The fourth-order valence-electron chi connectivity index (χ4n) is 3.76. The lowest BCUT2D eigenvalue weighted by Crippen LogP contribution is -2.38. The monoisotopic (exact) mass is 327 g/mol. The van der Waals surface area contributed by atoms with Gasteiger partial charge in [-0.1, -0.05) is 18.2 Å². The minimum atomic E-state index is -1.02. The number of carboxylic acids is 1. The number of carbonyl (C=O) groups excluding carboxylic acids is 1. The molecule has 1 aromatic rings. The van der Waals surface area contributed by atoms with Crippen molar-refractivity contribution >= 4 is 17.5 Å². The van der Waals surface area contributed by atoms with Crippen molar-refractivity contribution in [1.82, 2.24) is 0 Å². The quantitative estimate of drug-likeness (QED) is 0.920. The third-order valence-electron chi connectivity index (χ3n) is 4.69. The van der Waals surface area contributed by atoms with Gasteiger partial charge < -0.3 is 9.84 Å². The number of allylic oxidation sites excluding steroid dienone is 1. The van der Waals surface area contributed by atoms with Crippen LogP contribution in [0.1, 0.15) is 44.6 Å². The highest BCUT2D eigenvalue weighted by Crippen LogP contribution is 2.45. The van der Waals surface area contributed by atoms with Crippen molar-refractivity contribution in [1.29, 1.82) is 0 Å². The van der Waals surface area contributed by atoms with E-state index in [9.17, 15) is 14.7 Å². The van der Waals surface area contributed by atoms with Crippen molar-refractivity contribution in [2.75, 3.05) is 6.61 Å². The van der Waals surface area contributed by atoms with Gasteiger partial charge in [0, 0.05) is 29.3 Å². The Balaban J connectivity index is 2.20. The van der Waals surface area contributed by atoms with E-state index in [4.69, 9.17) is 4.74 Å². The van der Waals surface area contributed by atoms with Gasteiger partial charge in [-0.3, -0.25) is 9.79 Å². The summed E-state index contributed by atoms with van der Waals surface area (Å²) in [6, 6.07) is 7.39. The average Bonchev–Trinajstić information content (AvgIpc) is 2.54. The van der Waals surface area contributed by atoms with E-state index in [1.54, 1.807) is 6.92 Å². The number of aliphatic carboxylic acids is 1. The van der Waals surface area contributed by atoms with Crippen molar-refractivity contribution in [3.63, 3.8) is 0 Å². The number of fused-ring (bicyclic) bond motifs is 1. The third-order valence-corrected chi connectivity index (χ3v) is 4.69. The summed E-state index contributed by atoms with van der Waals surface area (Å²) in [5.41, 5.74) is 2.25. The largest absolute Gasteiger partial charge is 0.494 e. The number of carboxylic acid groups (broad SMARTS) is 1. The number of benzene rings is 1. The first-order chi connectivity index (χ1) is 11.5. The lowest BCUT2D eigenvalue weighted by molar-refractivity contribution is -0.133. The maximum absolute atomic E-state index is 12.6. The molecule has 5 nitrogen and oxygen atoms in total. The number of rotatable bonds is 4. The van der Waals surface area contributed by atoms with Gasteiger partial charge in [-0.15, -0.1) is 0 Å². The van der Waals surface area contributed by atoms with Crippen LogP contribution in [0.3, 0.4) is 0 Å². The maximum atomic E-state index is 12.6. The summed E-state index contributed by atoms with van der Waals surface area (Å²) in [4.78, 5) is 29.0. The smallest absolute Gasteiger partial charge is 0.334 e. The van der Waals surface area contributed by atoms with Gasteiger partial charge in [0.05, 0.1) is 18.1 Å². The number of nitrogens with zero attached hydrogens (tertiary/aromatic N) is 1. The summed E-state index contributed by atoms with van der Waals surface area (Å²) in [5, 5.41) is 9.76. The molecule has 1 fully saturated rings. The Bertz CT molecular complexity index is 747. The second kappa shape index (κ2) is 6.59. The molecular formula is C19H21NO4. The highest BCUT2D eigenvalue weighted by atomic mass is 16.5. The molecule has 2 unspecified atom stereocenters. The van der Waals surface area contributed by atoms with E-state index in [1.165, 1.54) is 0 Å². The van der Waals surface area contributed by atoms with Crippen molar-refractivity contribution in [2.45, 2.75) is 39.0 Å². The first-order valence-corrected chi connectivity index (χ1v) is 8.30. The van der Waals surface area contributed by atoms with Crippen molar-refractivity contribution in [3.8, 4) is 5.75 Å². The van der Waals surface area contributed by atoms with E-state index >= 15 is 0 Å². The predicted molar refractivity (Wildman–Crippen MR) is 90.5 cm³/mol. The molecule has 0 amide bonds. The summed E-state index contributed by atoms with van der Waals surface area (Å²) in [7, 11) is 0. The Kier molecular flexibility index (Phi) is 4.51.